The Balaban J connectivity index is 1.38. The summed E-state index contributed by atoms with van der Waals surface area (Å²) in [6.07, 6.45) is 8.22. The van der Waals surface area contributed by atoms with Gasteiger partial charge in [0.25, 0.3) is 0 Å². The van der Waals surface area contributed by atoms with Gasteiger partial charge in [0, 0.05) is 25.8 Å². The van der Waals surface area contributed by atoms with E-state index in [1.165, 1.54) is 33.4 Å². The van der Waals surface area contributed by atoms with Crippen molar-refractivity contribution in [1.29, 1.82) is 0 Å². The Morgan fingerprint density at radius 3 is 2.21 bits per heavy atom. The number of pyridine rings is 1. The molecule has 0 saturated carbocycles. The maximum atomic E-state index is 12.1. The van der Waals surface area contributed by atoms with Crippen molar-refractivity contribution in [2.24, 2.45) is 0 Å². The van der Waals surface area contributed by atoms with Crippen LogP contribution in [-0.2, 0) is 11.3 Å². The van der Waals surface area contributed by atoms with Gasteiger partial charge in [-0.05, 0) is 59.7 Å². The molecule has 0 bridgehead atoms. The highest BCUT2D eigenvalue weighted by Gasteiger charge is 2.23. The van der Waals surface area contributed by atoms with Crippen molar-refractivity contribution in [1.82, 2.24) is 9.88 Å². The second kappa shape index (κ2) is 9.55. The van der Waals surface area contributed by atoms with Crippen LogP contribution in [0.25, 0.3) is 17.7 Å². The van der Waals surface area contributed by atoms with Gasteiger partial charge in [-0.3, -0.25) is 9.88 Å². The summed E-state index contributed by atoms with van der Waals surface area (Å²) >= 11 is 0. The van der Waals surface area contributed by atoms with Gasteiger partial charge in [-0.25, -0.2) is 4.79 Å². The first-order valence-corrected chi connectivity index (χ1v) is 11.7. The molecule has 166 valence electrons. The fourth-order valence-corrected chi connectivity index (χ4v) is 4.81. The molecule has 5 rings (SSSR count). The average molecular weight is 437 g/mol. The smallest absolute Gasteiger partial charge is 0.338 e. The number of rotatable bonds is 4. The highest BCUT2D eigenvalue weighted by atomic mass is 16.5. The topological polar surface area (TPSA) is 42.4 Å². The summed E-state index contributed by atoms with van der Waals surface area (Å²) in [7, 11) is 0. The number of ether oxygens (including phenoxy) is 1. The molecular weight excluding hydrogens is 408 g/mol. The Bertz CT molecular complexity index is 1180. The summed E-state index contributed by atoms with van der Waals surface area (Å²) < 4.78 is 5.13. The number of piperidine rings is 1. The molecule has 1 aliphatic carbocycles. The van der Waals surface area contributed by atoms with Crippen molar-refractivity contribution in [2.45, 2.75) is 26.3 Å². The normalized spacial score (nSPS) is 15.5. The Hall–Kier alpha value is -3.50. The molecule has 1 aliphatic heterocycles. The lowest BCUT2D eigenvalue weighted by molar-refractivity contribution is 0.0526. The number of carbonyl (C=O) groups is 1. The third-order valence-electron chi connectivity index (χ3n) is 6.43. The van der Waals surface area contributed by atoms with Crippen molar-refractivity contribution in [3.63, 3.8) is 0 Å². The van der Waals surface area contributed by atoms with E-state index in [1.54, 1.807) is 12.3 Å². The fraction of sp³-hybridized carbons (Fsp3) is 0.241. The first kappa shape index (κ1) is 21.4. The summed E-state index contributed by atoms with van der Waals surface area (Å²) in [5.74, 6) is -0.286. The van der Waals surface area contributed by atoms with E-state index < -0.39 is 0 Å². The molecule has 1 aromatic heterocycles. The standard InChI is InChI=1S/C29H28N2O2/c1-2-33-29(32)24-13-16-30-25(19-24)20-31-17-14-23(15-18-31)28-26-9-5-3-7-21(26)11-12-22-8-4-6-10-27(22)28/h3-13,16,19H,2,14-15,17-18,20H2,1H3. The third kappa shape index (κ3) is 4.53. The van der Waals surface area contributed by atoms with Gasteiger partial charge in [0.2, 0.25) is 0 Å². The van der Waals surface area contributed by atoms with Crippen molar-refractivity contribution >= 4 is 23.7 Å². The molecule has 3 aromatic rings. The van der Waals surface area contributed by atoms with Crippen LogP contribution in [0.1, 0.15) is 58.1 Å². The van der Waals surface area contributed by atoms with Crippen molar-refractivity contribution in [2.75, 3.05) is 19.7 Å². The molecule has 0 N–H and O–H groups in total. The van der Waals surface area contributed by atoms with Crippen molar-refractivity contribution in [3.05, 3.63) is 106 Å². The Kier molecular flexibility index (Phi) is 6.18. The van der Waals surface area contributed by atoms with Crippen LogP contribution < -0.4 is 0 Å². The molecule has 0 amide bonds. The quantitative estimate of drug-likeness (QED) is 0.377. The molecule has 2 aromatic carbocycles. The zero-order chi connectivity index (χ0) is 22.6. The molecule has 0 radical (unpaired) electrons. The summed E-state index contributed by atoms with van der Waals surface area (Å²) in [5.41, 5.74) is 9.59. The molecule has 0 atom stereocenters. The zero-order valence-electron chi connectivity index (χ0n) is 19.0. The van der Waals surface area contributed by atoms with Gasteiger partial charge in [-0.15, -0.1) is 0 Å². The monoisotopic (exact) mass is 436 g/mol. The number of carbonyl (C=O) groups excluding carboxylic acids is 1. The van der Waals surface area contributed by atoms with Crippen molar-refractivity contribution < 1.29 is 9.53 Å². The molecule has 2 heterocycles. The maximum Gasteiger partial charge on any atom is 0.338 e. The van der Waals surface area contributed by atoms with Gasteiger partial charge < -0.3 is 4.74 Å². The van der Waals surface area contributed by atoms with Gasteiger partial charge in [-0.1, -0.05) is 66.3 Å². The van der Waals surface area contributed by atoms with Gasteiger partial charge >= 0.3 is 5.97 Å². The molecule has 0 spiro atoms. The minimum Gasteiger partial charge on any atom is -0.462 e. The van der Waals surface area contributed by atoms with Gasteiger partial charge in [-0.2, -0.15) is 0 Å². The summed E-state index contributed by atoms with van der Waals surface area (Å²) in [6, 6.07) is 21.0. The Labute approximate surface area is 195 Å². The van der Waals surface area contributed by atoms with Gasteiger partial charge in [0.1, 0.15) is 0 Å². The van der Waals surface area contributed by atoms with Crippen LogP contribution in [0.15, 0.2) is 72.4 Å². The number of fused-ring (bicyclic) bond motifs is 2. The number of hydrogen-bond acceptors (Lipinski definition) is 4. The number of hydrogen-bond donors (Lipinski definition) is 0. The van der Waals surface area contributed by atoms with E-state index in [4.69, 9.17) is 4.74 Å². The Morgan fingerprint density at radius 1 is 0.939 bits per heavy atom. The third-order valence-corrected chi connectivity index (χ3v) is 6.43. The van der Waals surface area contributed by atoms with Crippen LogP contribution in [-0.4, -0.2) is 35.5 Å². The summed E-state index contributed by atoms with van der Waals surface area (Å²) in [4.78, 5) is 19.0. The fourth-order valence-electron chi connectivity index (χ4n) is 4.81. The van der Waals surface area contributed by atoms with Gasteiger partial charge in [0.05, 0.1) is 17.9 Å². The van der Waals surface area contributed by atoms with Crippen LogP contribution in [0.3, 0.4) is 0 Å². The molecule has 0 unspecified atom stereocenters. The predicted octanol–water partition coefficient (Wildman–Crippen LogP) is 5.84. The van der Waals surface area contributed by atoms with Crippen LogP contribution in [0.4, 0.5) is 0 Å². The zero-order valence-corrected chi connectivity index (χ0v) is 19.0. The maximum absolute atomic E-state index is 12.1. The average Bonchev–Trinajstić information content (AvgIpc) is 3.02. The highest BCUT2D eigenvalue weighted by Crippen LogP contribution is 2.38. The molecule has 1 saturated heterocycles. The first-order valence-electron chi connectivity index (χ1n) is 11.7. The largest absolute Gasteiger partial charge is 0.462 e. The second-order valence-electron chi connectivity index (χ2n) is 8.52. The van der Waals surface area contributed by atoms with Crippen LogP contribution in [0.2, 0.25) is 0 Å². The van der Waals surface area contributed by atoms with Crippen molar-refractivity contribution in [3.8, 4) is 0 Å². The number of benzene rings is 2. The van der Waals surface area contributed by atoms with Crippen LogP contribution in [0.5, 0.6) is 0 Å². The van der Waals surface area contributed by atoms with Crippen LogP contribution >= 0.6 is 0 Å². The number of likely N-dealkylation sites (tertiary alicyclic amines) is 1. The molecule has 1 fully saturated rings. The molecule has 4 heteroatoms. The molecular formula is C29H28N2O2. The second-order valence-corrected chi connectivity index (χ2v) is 8.52. The van der Waals surface area contributed by atoms with E-state index >= 15 is 0 Å². The minimum atomic E-state index is -0.286. The lowest BCUT2D eigenvalue weighted by atomic mass is 9.86. The Morgan fingerprint density at radius 2 is 1.58 bits per heavy atom. The lowest BCUT2D eigenvalue weighted by Crippen LogP contribution is -2.31. The van der Waals surface area contributed by atoms with Gasteiger partial charge in [0.15, 0.2) is 0 Å². The first-order chi connectivity index (χ1) is 16.2. The number of aromatic nitrogens is 1. The SMILES string of the molecule is CCOC(=O)c1ccnc(CN2CCC(=C3c4ccccc4C=Cc4ccccc43)CC2)c1. The lowest BCUT2D eigenvalue weighted by Gasteiger charge is -2.30. The van der Waals surface area contributed by atoms with E-state index in [9.17, 15) is 4.79 Å². The predicted molar refractivity (Wildman–Crippen MR) is 133 cm³/mol. The van der Waals surface area contributed by atoms with E-state index in [2.05, 4.69) is 70.6 Å². The van der Waals surface area contributed by atoms with Crippen LogP contribution in [0, 0.1) is 0 Å². The number of esters is 1. The molecule has 2 aliphatic rings. The molecule has 33 heavy (non-hydrogen) atoms. The molecule has 4 nitrogen and oxygen atoms in total. The summed E-state index contributed by atoms with van der Waals surface area (Å²) in [6.45, 7) is 4.89. The minimum absolute atomic E-state index is 0.286. The van der Waals surface area contributed by atoms with E-state index in [-0.39, 0.29) is 5.97 Å². The number of nitrogens with zero attached hydrogens (tertiary/aromatic N) is 2. The highest BCUT2D eigenvalue weighted by molar-refractivity contribution is 5.95. The summed E-state index contributed by atoms with van der Waals surface area (Å²) in [5, 5.41) is 0. The van der Waals surface area contributed by atoms with E-state index in [0.717, 1.165) is 38.2 Å². The van der Waals surface area contributed by atoms with E-state index in [1.807, 2.05) is 13.0 Å². The van der Waals surface area contributed by atoms with E-state index in [0.29, 0.717) is 12.2 Å².